The van der Waals surface area contributed by atoms with E-state index < -0.39 is 5.91 Å². The Morgan fingerprint density at radius 3 is 2.76 bits per heavy atom. The van der Waals surface area contributed by atoms with E-state index in [0.717, 1.165) is 24.2 Å². The molecule has 0 bridgehead atoms. The van der Waals surface area contributed by atoms with Crippen molar-refractivity contribution >= 4 is 23.8 Å². The fourth-order valence-corrected chi connectivity index (χ4v) is 3.47. The van der Waals surface area contributed by atoms with E-state index in [9.17, 15) is 9.59 Å². The molecule has 33 heavy (non-hydrogen) atoms. The van der Waals surface area contributed by atoms with Crippen molar-refractivity contribution in [3.8, 4) is 5.75 Å². The molecule has 2 heterocycles. The van der Waals surface area contributed by atoms with Crippen LogP contribution in [0.25, 0.3) is 0 Å². The van der Waals surface area contributed by atoms with Crippen molar-refractivity contribution in [1.29, 1.82) is 0 Å². The van der Waals surface area contributed by atoms with Gasteiger partial charge in [-0.2, -0.15) is 0 Å². The van der Waals surface area contributed by atoms with E-state index in [2.05, 4.69) is 17.1 Å². The number of benzene rings is 1. The summed E-state index contributed by atoms with van der Waals surface area (Å²) in [5.74, 6) is 0.614. The van der Waals surface area contributed by atoms with Crippen molar-refractivity contribution in [3.05, 3.63) is 53.9 Å². The van der Waals surface area contributed by atoms with Crippen LogP contribution < -0.4 is 15.4 Å². The SMILES string of the molecule is CCO/N=C/c1ccc(OCCC(C)CCN2CCN(c3ccnc(C(N)=O)c3)C2=O)cc1. The second kappa shape index (κ2) is 11.8. The highest BCUT2D eigenvalue weighted by Crippen LogP contribution is 2.22. The summed E-state index contributed by atoms with van der Waals surface area (Å²) in [5, 5.41) is 3.85. The van der Waals surface area contributed by atoms with Crippen LogP contribution in [0.3, 0.4) is 0 Å². The highest BCUT2D eigenvalue weighted by Gasteiger charge is 2.29. The van der Waals surface area contributed by atoms with Gasteiger partial charge in [-0.05, 0) is 67.6 Å². The van der Waals surface area contributed by atoms with Gasteiger partial charge >= 0.3 is 6.03 Å². The number of hydrogen-bond donors (Lipinski definition) is 1. The zero-order valence-corrected chi connectivity index (χ0v) is 19.1. The largest absolute Gasteiger partial charge is 0.494 e. The van der Waals surface area contributed by atoms with Crippen LogP contribution in [-0.4, -0.2) is 60.9 Å². The van der Waals surface area contributed by atoms with E-state index in [1.54, 1.807) is 23.2 Å². The Kier molecular flexibility index (Phi) is 8.63. The maximum Gasteiger partial charge on any atom is 0.324 e. The van der Waals surface area contributed by atoms with Crippen LogP contribution in [0.5, 0.6) is 5.75 Å². The first-order valence-corrected chi connectivity index (χ1v) is 11.2. The van der Waals surface area contributed by atoms with Crippen molar-refractivity contribution < 1.29 is 19.2 Å². The maximum absolute atomic E-state index is 12.8. The summed E-state index contributed by atoms with van der Waals surface area (Å²) in [6.45, 7) is 7.11. The number of hydrogen-bond acceptors (Lipinski definition) is 6. The molecule has 176 valence electrons. The number of anilines is 1. The number of carbonyl (C=O) groups is 2. The number of nitrogens with two attached hydrogens (primary N) is 1. The van der Waals surface area contributed by atoms with Crippen LogP contribution in [-0.2, 0) is 4.84 Å². The minimum Gasteiger partial charge on any atom is -0.494 e. The maximum atomic E-state index is 12.8. The summed E-state index contributed by atoms with van der Waals surface area (Å²) in [7, 11) is 0. The fourth-order valence-electron chi connectivity index (χ4n) is 3.47. The van der Waals surface area contributed by atoms with Crippen molar-refractivity contribution in [2.75, 3.05) is 37.7 Å². The summed E-state index contributed by atoms with van der Waals surface area (Å²) in [6.07, 6.45) is 4.95. The highest BCUT2D eigenvalue weighted by atomic mass is 16.6. The summed E-state index contributed by atoms with van der Waals surface area (Å²) in [4.78, 5) is 36.5. The molecule has 1 aromatic heterocycles. The third kappa shape index (κ3) is 6.93. The number of amides is 3. The van der Waals surface area contributed by atoms with Gasteiger partial charge in [0.25, 0.3) is 5.91 Å². The van der Waals surface area contributed by atoms with Crippen LogP contribution >= 0.6 is 0 Å². The summed E-state index contributed by atoms with van der Waals surface area (Å²) in [6, 6.07) is 10.9. The first-order valence-electron chi connectivity index (χ1n) is 11.2. The van der Waals surface area contributed by atoms with Gasteiger partial charge in [0, 0.05) is 31.5 Å². The molecule has 9 heteroatoms. The molecular formula is C24H31N5O4. The summed E-state index contributed by atoms with van der Waals surface area (Å²) < 4.78 is 5.85. The molecule has 1 aliphatic rings. The number of rotatable bonds is 12. The predicted molar refractivity (Wildman–Crippen MR) is 127 cm³/mol. The lowest BCUT2D eigenvalue weighted by atomic mass is 10.0. The lowest BCUT2D eigenvalue weighted by Crippen LogP contribution is -2.33. The number of aromatic nitrogens is 1. The number of pyridine rings is 1. The Bertz CT molecular complexity index is 964. The van der Waals surface area contributed by atoms with Crippen LogP contribution in [0.4, 0.5) is 10.5 Å². The molecule has 0 radical (unpaired) electrons. The predicted octanol–water partition coefficient (Wildman–Crippen LogP) is 3.29. The highest BCUT2D eigenvalue weighted by molar-refractivity contribution is 5.96. The normalized spacial score (nSPS) is 14.7. The number of primary amides is 1. The molecule has 1 fully saturated rings. The van der Waals surface area contributed by atoms with Crippen LogP contribution in [0.2, 0.25) is 0 Å². The molecule has 0 aliphatic carbocycles. The fraction of sp³-hybridized carbons (Fsp3) is 0.417. The van der Waals surface area contributed by atoms with Crippen LogP contribution in [0.15, 0.2) is 47.8 Å². The Hall–Kier alpha value is -3.62. The number of nitrogens with zero attached hydrogens (tertiary/aromatic N) is 4. The average Bonchev–Trinajstić information content (AvgIpc) is 3.19. The van der Waals surface area contributed by atoms with Gasteiger partial charge in [0.05, 0.1) is 12.8 Å². The number of oxime groups is 1. The Morgan fingerprint density at radius 2 is 2.03 bits per heavy atom. The van der Waals surface area contributed by atoms with Gasteiger partial charge < -0.3 is 20.2 Å². The molecule has 9 nitrogen and oxygen atoms in total. The Morgan fingerprint density at radius 1 is 1.24 bits per heavy atom. The molecule has 1 aromatic carbocycles. The quantitative estimate of drug-likeness (QED) is 0.392. The van der Waals surface area contributed by atoms with E-state index in [0.29, 0.717) is 44.5 Å². The first kappa shape index (κ1) is 24.0. The molecule has 3 amide bonds. The van der Waals surface area contributed by atoms with Gasteiger partial charge in [-0.1, -0.05) is 12.1 Å². The number of ether oxygens (including phenoxy) is 1. The van der Waals surface area contributed by atoms with Crippen molar-refractivity contribution in [3.63, 3.8) is 0 Å². The zero-order valence-electron chi connectivity index (χ0n) is 19.1. The lowest BCUT2D eigenvalue weighted by Gasteiger charge is -2.20. The second-order valence-corrected chi connectivity index (χ2v) is 7.94. The molecule has 1 aliphatic heterocycles. The molecule has 1 atom stereocenters. The van der Waals surface area contributed by atoms with E-state index in [-0.39, 0.29) is 11.7 Å². The minimum atomic E-state index is -0.609. The van der Waals surface area contributed by atoms with Crippen LogP contribution in [0, 0.1) is 5.92 Å². The van der Waals surface area contributed by atoms with Gasteiger partial charge in [-0.3, -0.25) is 14.7 Å². The van der Waals surface area contributed by atoms with Gasteiger partial charge in [-0.25, -0.2) is 4.79 Å². The standard InChI is InChI=1S/C24H31N5O4/c1-3-33-27-17-19-4-6-21(7-5-19)32-15-10-18(2)9-12-28-13-14-29(24(28)31)20-8-11-26-22(16-20)23(25)30/h4-8,11,16-18H,3,9-10,12-15H2,1-2H3,(H2,25,30)/b27-17+. The van der Waals surface area contributed by atoms with Gasteiger partial charge in [0.1, 0.15) is 18.1 Å². The molecule has 0 saturated carbocycles. The Balaban J connectivity index is 1.39. The molecule has 2 N–H and O–H groups in total. The van der Waals surface area contributed by atoms with E-state index in [4.69, 9.17) is 15.3 Å². The third-order valence-electron chi connectivity index (χ3n) is 5.46. The topological polar surface area (TPSA) is 110 Å². The van der Waals surface area contributed by atoms with Crippen molar-refractivity contribution in [1.82, 2.24) is 9.88 Å². The van der Waals surface area contributed by atoms with E-state index in [1.165, 1.54) is 6.20 Å². The monoisotopic (exact) mass is 453 g/mol. The molecule has 2 aromatic rings. The second-order valence-electron chi connectivity index (χ2n) is 7.94. The molecular weight excluding hydrogens is 422 g/mol. The van der Waals surface area contributed by atoms with Crippen molar-refractivity contribution in [2.45, 2.75) is 26.7 Å². The van der Waals surface area contributed by atoms with Gasteiger partial charge in [-0.15, -0.1) is 0 Å². The first-order chi connectivity index (χ1) is 16.0. The Labute approximate surface area is 194 Å². The van der Waals surface area contributed by atoms with Crippen LogP contribution in [0.1, 0.15) is 42.7 Å². The average molecular weight is 454 g/mol. The lowest BCUT2D eigenvalue weighted by molar-refractivity contribution is 0.0995. The minimum absolute atomic E-state index is 0.0620. The van der Waals surface area contributed by atoms with E-state index in [1.807, 2.05) is 36.1 Å². The summed E-state index contributed by atoms with van der Waals surface area (Å²) >= 11 is 0. The smallest absolute Gasteiger partial charge is 0.324 e. The molecule has 1 saturated heterocycles. The molecule has 3 rings (SSSR count). The molecule has 0 spiro atoms. The number of carbonyl (C=O) groups excluding carboxylic acids is 2. The van der Waals surface area contributed by atoms with Gasteiger partial charge in [0.2, 0.25) is 0 Å². The van der Waals surface area contributed by atoms with Crippen molar-refractivity contribution in [2.24, 2.45) is 16.8 Å². The molecule has 1 unspecified atom stereocenters. The summed E-state index contributed by atoms with van der Waals surface area (Å²) in [5.41, 5.74) is 7.04. The van der Waals surface area contributed by atoms with E-state index >= 15 is 0 Å². The third-order valence-corrected chi connectivity index (χ3v) is 5.46. The number of urea groups is 1. The zero-order chi connectivity index (χ0) is 23.6. The van der Waals surface area contributed by atoms with Gasteiger partial charge in [0.15, 0.2) is 0 Å².